The van der Waals surface area contributed by atoms with Crippen molar-refractivity contribution in [3.63, 3.8) is 0 Å². The molecule has 0 aliphatic carbocycles. The molecule has 4 N–H and O–H groups in total. The lowest BCUT2D eigenvalue weighted by Gasteiger charge is -2.29. The lowest BCUT2D eigenvalue weighted by molar-refractivity contribution is 0.0490. The van der Waals surface area contributed by atoms with E-state index in [1.54, 1.807) is 13.8 Å². The van der Waals surface area contributed by atoms with Crippen LogP contribution in [0, 0.1) is 0 Å². The molecule has 0 aromatic heterocycles. The predicted octanol–water partition coefficient (Wildman–Crippen LogP) is 7.04. The highest BCUT2D eigenvalue weighted by Crippen LogP contribution is 2.37. The number of hydrogen-bond acceptors (Lipinski definition) is 7. The Kier molecular flexibility index (Phi) is 9.64. The number of nitrogens with two attached hydrogens (primary N) is 2. The van der Waals surface area contributed by atoms with E-state index in [4.69, 9.17) is 11.5 Å². The molecular weight excluding hydrogens is 665 g/mol. The molecule has 0 fully saturated rings. The maximum atomic E-state index is 14.1. The molecule has 4 aromatic rings. The van der Waals surface area contributed by atoms with Crippen molar-refractivity contribution in [3.05, 3.63) is 133 Å². The summed E-state index contributed by atoms with van der Waals surface area (Å²) in [5.41, 5.74) is 20.4. The lowest BCUT2D eigenvalue weighted by Crippen LogP contribution is -2.53. The van der Waals surface area contributed by atoms with Crippen molar-refractivity contribution in [2.75, 3.05) is 4.90 Å². The number of anilines is 1. The van der Waals surface area contributed by atoms with Crippen molar-refractivity contribution in [2.24, 2.45) is 11.5 Å². The monoisotopic (exact) mass is 712 g/mol. The van der Waals surface area contributed by atoms with Crippen LogP contribution >= 0.6 is 0 Å². The van der Waals surface area contributed by atoms with Crippen LogP contribution in [0.2, 0.25) is 0 Å². The second-order valence-electron chi connectivity index (χ2n) is 15.3. The standard InChI is InChI=1S/C44H48N4O5/c1-9-26-18-24(19-27(10-2)36(26)43(5,6)45)17-25-20-28(11-3)37(29(12-4)21-25)47-39(50)32-15-13-30(22-34(32)40(47)51)38(49)31-14-16-33-35(23-31)42(53)48(41(33)52)44(7,8)46/h13-16,18-23H,9-12,17,45-46H2,1-8H3. The predicted molar refractivity (Wildman–Crippen MR) is 207 cm³/mol. The summed E-state index contributed by atoms with van der Waals surface area (Å²) in [7, 11) is 0. The van der Waals surface area contributed by atoms with Gasteiger partial charge in [-0.25, -0.2) is 4.90 Å². The minimum absolute atomic E-state index is 0.0914. The summed E-state index contributed by atoms with van der Waals surface area (Å²) in [6.45, 7) is 15.6. The van der Waals surface area contributed by atoms with Gasteiger partial charge in [0, 0.05) is 16.7 Å². The summed E-state index contributed by atoms with van der Waals surface area (Å²) >= 11 is 0. The first-order valence-corrected chi connectivity index (χ1v) is 18.4. The van der Waals surface area contributed by atoms with E-state index in [1.807, 2.05) is 13.8 Å². The van der Waals surface area contributed by atoms with Gasteiger partial charge in [-0.3, -0.25) is 28.9 Å². The summed E-state index contributed by atoms with van der Waals surface area (Å²) in [5.74, 6) is -2.48. The summed E-state index contributed by atoms with van der Waals surface area (Å²) in [4.78, 5) is 70.1. The number of rotatable bonds is 11. The molecule has 2 heterocycles. The minimum atomic E-state index is -1.22. The van der Waals surface area contributed by atoms with Crippen molar-refractivity contribution >= 4 is 35.1 Å². The molecule has 4 aromatic carbocycles. The van der Waals surface area contributed by atoms with Gasteiger partial charge in [-0.1, -0.05) is 64.1 Å². The first-order chi connectivity index (χ1) is 24.9. The molecule has 0 saturated carbocycles. The van der Waals surface area contributed by atoms with Crippen LogP contribution in [0.15, 0.2) is 60.7 Å². The molecule has 0 atom stereocenters. The third-order valence-electron chi connectivity index (χ3n) is 10.4. The van der Waals surface area contributed by atoms with E-state index in [-0.39, 0.29) is 33.4 Å². The van der Waals surface area contributed by atoms with Crippen LogP contribution in [0.25, 0.3) is 0 Å². The Labute approximate surface area is 311 Å². The van der Waals surface area contributed by atoms with Crippen LogP contribution in [-0.2, 0) is 37.6 Å². The number of ketones is 1. The van der Waals surface area contributed by atoms with Gasteiger partial charge in [0.05, 0.1) is 33.6 Å². The SMILES string of the molecule is CCc1cc(Cc2cc(CC)c(C(C)(C)N)c(CC)c2)cc(CC)c1N1C(=O)c2ccc(C(=O)c3ccc4c(c3)C(=O)N(C(C)(C)N)C4=O)cc2C1=O. The molecule has 9 heteroatoms. The Morgan fingerprint density at radius 3 is 1.40 bits per heavy atom. The third kappa shape index (κ3) is 6.42. The fourth-order valence-electron chi connectivity index (χ4n) is 7.98. The molecule has 9 nitrogen and oxygen atoms in total. The highest BCUT2D eigenvalue weighted by molar-refractivity contribution is 6.35. The number of nitrogens with zero attached hydrogens (tertiary/aromatic N) is 2. The molecule has 0 bridgehead atoms. The number of benzene rings is 4. The molecule has 53 heavy (non-hydrogen) atoms. The molecule has 0 saturated heterocycles. The van der Waals surface area contributed by atoms with Gasteiger partial charge in [0.15, 0.2) is 5.78 Å². The van der Waals surface area contributed by atoms with Gasteiger partial charge < -0.3 is 11.5 Å². The second-order valence-corrected chi connectivity index (χ2v) is 15.3. The topological polar surface area (TPSA) is 144 Å². The molecule has 2 aliphatic heterocycles. The largest absolute Gasteiger partial charge is 0.322 e. The Hall–Kier alpha value is -5.25. The van der Waals surface area contributed by atoms with Crippen molar-refractivity contribution in [1.29, 1.82) is 0 Å². The van der Waals surface area contributed by atoms with Gasteiger partial charge in [-0.15, -0.1) is 0 Å². The van der Waals surface area contributed by atoms with Crippen LogP contribution in [-0.4, -0.2) is 40.0 Å². The number of carbonyl (C=O) groups is 5. The smallest absolute Gasteiger partial charge is 0.266 e. The third-order valence-corrected chi connectivity index (χ3v) is 10.4. The molecule has 0 radical (unpaired) electrons. The zero-order valence-corrected chi connectivity index (χ0v) is 31.9. The van der Waals surface area contributed by atoms with E-state index in [0.717, 1.165) is 34.4 Å². The van der Waals surface area contributed by atoms with Crippen molar-refractivity contribution in [2.45, 2.75) is 98.7 Å². The number of hydrogen-bond donors (Lipinski definition) is 2. The van der Waals surface area contributed by atoms with E-state index < -0.39 is 40.6 Å². The average Bonchev–Trinajstić information content (AvgIpc) is 3.52. The van der Waals surface area contributed by atoms with Crippen LogP contribution in [0.5, 0.6) is 0 Å². The maximum absolute atomic E-state index is 14.1. The number of imide groups is 2. The Balaban J connectivity index is 1.32. The van der Waals surface area contributed by atoms with Gasteiger partial charge in [0.1, 0.15) is 0 Å². The van der Waals surface area contributed by atoms with Crippen LogP contribution in [0.3, 0.4) is 0 Å². The molecule has 6 rings (SSSR count). The quantitative estimate of drug-likeness (QED) is 0.125. The van der Waals surface area contributed by atoms with Crippen molar-refractivity contribution in [1.82, 2.24) is 4.90 Å². The first-order valence-electron chi connectivity index (χ1n) is 18.4. The van der Waals surface area contributed by atoms with Gasteiger partial charge in [0.2, 0.25) is 0 Å². The Morgan fingerprint density at radius 1 is 0.566 bits per heavy atom. The van der Waals surface area contributed by atoms with Crippen molar-refractivity contribution < 1.29 is 24.0 Å². The molecule has 4 amide bonds. The fourth-order valence-corrected chi connectivity index (χ4v) is 7.98. The van der Waals surface area contributed by atoms with Gasteiger partial charge >= 0.3 is 0 Å². The van der Waals surface area contributed by atoms with Crippen LogP contribution in [0.1, 0.15) is 152 Å². The summed E-state index contributed by atoms with van der Waals surface area (Å²) in [6, 6.07) is 17.5. The summed E-state index contributed by atoms with van der Waals surface area (Å²) < 4.78 is 0. The van der Waals surface area contributed by atoms with Crippen molar-refractivity contribution in [3.8, 4) is 0 Å². The Morgan fingerprint density at radius 2 is 0.962 bits per heavy atom. The van der Waals surface area contributed by atoms with E-state index in [1.165, 1.54) is 63.6 Å². The zero-order chi connectivity index (χ0) is 38.7. The van der Waals surface area contributed by atoms with E-state index >= 15 is 0 Å². The average molecular weight is 713 g/mol. The fraction of sp³-hybridized carbons (Fsp3) is 0.341. The highest BCUT2D eigenvalue weighted by atomic mass is 16.2. The zero-order valence-electron chi connectivity index (χ0n) is 31.9. The molecule has 2 aliphatic rings. The van der Waals surface area contributed by atoms with Gasteiger partial charge in [0.25, 0.3) is 23.6 Å². The van der Waals surface area contributed by atoms with Gasteiger partial charge in [-0.05, 0) is 123 Å². The number of aryl methyl sites for hydroxylation is 4. The van der Waals surface area contributed by atoms with E-state index in [0.29, 0.717) is 24.9 Å². The van der Waals surface area contributed by atoms with E-state index in [9.17, 15) is 24.0 Å². The lowest BCUT2D eigenvalue weighted by atomic mass is 9.82. The number of carbonyl (C=O) groups excluding carboxylic acids is 5. The maximum Gasteiger partial charge on any atom is 0.266 e. The Bertz CT molecular complexity index is 2190. The highest BCUT2D eigenvalue weighted by Gasteiger charge is 2.43. The van der Waals surface area contributed by atoms with Crippen LogP contribution in [0.4, 0.5) is 5.69 Å². The van der Waals surface area contributed by atoms with Crippen LogP contribution < -0.4 is 16.4 Å². The molecule has 274 valence electrons. The normalized spacial score (nSPS) is 14.4. The summed E-state index contributed by atoms with van der Waals surface area (Å²) in [6.07, 6.45) is 3.66. The summed E-state index contributed by atoms with van der Waals surface area (Å²) in [5, 5.41) is 0. The first kappa shape index (κ1) is 37.5. The molecule has 0 unspecified atom stereocenters. The number of amides is 4. The minimum Gasteiger partial charge on any atom is -0.322 e. The van der Waals surface area contributed by atoms with E-state index in [2.05, 4.69) is 52.0 Å². The number of fused-ring (bicyclic) bond motifs is 2. The molecule has 0 spiro atoms. The second kappa shape index (κ2) is 13.6. The van der Waals surface area contributed by atoms with Gasteiger partial charge in [-0.2, -0.15) is 0 Å². The molecular formula is C44H48N4O5.